The molecule has 11 heteroatoms. The first-order chi connectivity index (χ1) is 14.8. The maximum absolute atomic E-state index is 13.0. The smallest absolute Gasteiger partial charge is 0.337 e. The molecule has 2 heterocycles. The number of sulfonamides is 1. The van der Waals surface area contributed by atoms with E-state index in [0.29, 0.717) is 38.8 Å². The van der Waals surface area contributed by atoms with Crippen LogP contribution < -0.4 is 5.32 Å². The summed E-state index contributed by atoms with van der Waals surface area (Å²) < 4.78 is 32.7. The van der Waals surface area contributed by atoms with Crippen LogP contribution in [-0.2, 0) is 19.6 Å². The molecule has 162 valence electrons. The van der Waals surface area contributed by atoms with Gasteiger partial charge in [-0.1, -0.05) is 22.9 Å². The normalized spacial score (nSPS) is 17.0. The maximum atomic E-state index is 13.0. The van der Waals surface area contributed by atoms with E-state index in [9.17, 15) is 18.0 Å². The van der Waals surface area contributed by atoms with Crippen LogP contribution in [0.4, 0.5) is 5.13 Å². The zero-order valence-electron chi connectivity index (χ0n) is 16.4. The number of hydrogen-bond acceptors (Lipinski definition) is 7. The number of benzene rings is 2. The number of carbonyl (C=O) groups excluding carboxylic acids is 2. The molecular weight excluding hydrogens is 462 g/mol. The van der Waals surface area contributed by atoms with Gasteiger partial charge in [0.05, 0.1) is 27.8 Å². The van der Waals surface area contributed by atoms with Crippen LogP contribution in [0.2, 0.25) is 5.02 Å². The highest BCUT2D eigenvalue weighted by Crippen LogP contribution is 2.30. The van der Waals surface area contributed by atoms with Crippen LogP contribution in [0.15, 0.2) is 47.4 Å². The highest BCUT2D eigenvalue weighted by molar-refractivity contribution is 7.89. The van der Waals surface area contributed by atoms with Gasteiger partial charge in [0.25, 0.3) is 0 Å². The van der Waals surface area contributed by atoms with E-state index in [-0.39, 0.29) is 11.4 Å². The lowest BCUT2D eigenvalue weighted by molar-refractivity contribution is -0.119. The number of fused-ring (bicyclic) bond motifs is 1. The molecule has 1 saturated heterocycles. The van der Waals surface area contributed by atoms with Crippen molar-refractivity contribution in [3.63, 3.8) is 0 Å². The first-order valence-electron chi connectivity index (χ1n) is 9.37. The molecule has 1 N–H and O–H groups in total. The molecule has 0 radical (unpaired) electrons. The lowest BCUT2D eigenvalue weighted by Crippen LogP contribution is -2.43. The van der Waals surface area contributed by atoms with Gasteiger partial charge in [0.2, 0.25) is 15.9 Å². The molecule has 0 spiro atoms. The molecule has 1 aromatic heterocycles. The molecule has 0 saturated carbocycles. The summed E-state index contributed by atoms with van der Waals surface area (Å²) in [6.07, 6.45) is 0.989. The van der Waals surface area contributed by atoms with E-state index >= 15 is 0 Å². The molecule has 8 nitrogen and oxygen atoms in total. The van der Waals surface area contributed by atoms with Gasteiger partial charge in [-0.2, -0.15) is 4.31 Å². The molecule has 2 aromatic carbocycles. The Balaban J connectivity index is 1.55. The van der Waals surface area contributed by atoms with Gasteiger partial charge < -0.3 is 10.1 Å². The molecule has 1 unspecified atom stereocenters. The van der Waals surface area contributed by atoms with Crippen molar-refractivity contribution in [3.8, 4) is 0 Å². The first-order valence-corrected chi connectivity index (χ1v) is 12.0. The Kier molecular flexibility index (Phi) is 5.98. The maximum Gasteiger partial charge on any atom is 0.337 e. The summed E-state index contributed by atoms with van der Waals surface area (Å²) in [5.74, 6) is -0.905. The second-order valence-electron chi connectivity index (χ2n) is 6.91. The fraction of sp³-hybridized carbons (Fsp3) is 0.250. The van der Waals surface area contributed by atoms with E-state index in [2.05, 4.69) is 10.3 Å². The molecule has 1 atom stereocenters. The third-order valence-corrected chi connectivity index (χ3v) is 8.07. The van der Waals surface area contributed by atoms with Gasteiger partial charge in [0, 0.05) is 11.6 Å². The van der Waals surface area contributed by atoms with Crippen LogP contribution >= 0.6 is 22.9 Å². The standard InChI is InChI=1S/C20H18ClN3O5S2/c1-29-19(26)12-4-9-15-17(11-12)30-20(22-15)23-18(25)16-3-2-10-24(16)31(27,28)14-7-5-13(21)6-8-14/h4-9,11,16H,2-3,10H2,1H3,(H,22,23,25). The minimum absolute atomic E-state index is 0.0897. The van der Waals surface area contributed by atoms with Crippen molar-refractivity contribution in [3.05, 3.63) is 53.1 Å². The topological polar surface area (TPSA) is 106 Å². The van der Waals surface area contributed by atoms with Crippen molar-refractivity contribution >= 4 is 60.2 Å². The molecule has 1 amide bonds. The van der Waals surface area contributed by atoms with Gasteiger partial charge in [-0.05, 0) is 55.3 Å². The number of ether oxygens (including phenoxy) is 1. The molecule has 0 bridgehead atoms. The summed E-state index contributed by atoms with van der Waals surface area (Å²) >= 11 is 7.06. The number of esters is 1. The number of carbonyl (C=O) groups is 2. The second-order valence-corrected chi connectivity index (χ2v) is 10.3. The Morgan fingerprint density at radius 3 is 2.68 bits per heavy atom. The van der Waals surface area contributed by atoms with E-state index in [4.69, 9.17) is 16.3 Å². The predicted molar refractivity (Wildman–Crippen MR) is 118 cm³/mol. The van der Waals surface area contributed by atoms with Crippen LogP contribution in [-0.4, -0.2) is 49.3 Å². The van der Waals surface area contributed by atoms with Gasteiger partial charge in [-0.15, -0.1) is 0 Å². The number of halogens is 1. The van der Waals surface area contributed by atoms with E-state index in [1.807, 2.05) is 0 Å². The van der Waals surface area contributed by atoms with Crippen LogP contribution in [0, 0.1) is 0 Å². The Labute approximate surface area is 187 Å². The number of nitrogens with zero attached hydrogens (tertiary/aromatic N) is 2. The SMILES string of the molecule is COC(=O)c1ccc2nc(NC(=O)C3CCCN3S(=O)(=O)c3ccc(Cl)cc3)sc2c1. The number of rotatable bonds is 5. The number of hydrogen-bond donors (Lipinski definition) is 1. The lowest BCUT2D eigenvalue weighted by Gasteiger charge is -2.23. The third-order valence-electron chi connectivity index (χ3n) is 4.97. The van der Waals surface area contributed by atoms with Crippen molar-refractivity contribution in [1.82, 2.24) is 9.29 Å². The number of amides is 1. The average Bonchev–Trinajstić information content (AvgIpc) is 3.40. The number of anilines is 1. The lowest BCUT2D eigenvalue weighted by atomic mass is 10.2. The van der Waals surface area contributed by atoms with Crippen molar-refractivity contribution in [1.29, 1.82) is 0 Å². The summed E-state index contributed by atoms with van der Waals surface area (Å²) in [5.41, 5.74) is 0.998. The third kappa shape index (κ3) is 4.29. The Hall–Kier alpha value is -2.53. The summed E-state index contributed by atoms with van der Waals surface area (Å²) in [6.45, 7) is 0.255. The zero-order valence-corrected chi connectivity index (χ0v) is 18.8. The van der Waals surface area contributed by atoms with Crippen molar-refractivity contribution in [2.45, 2.75) is 23.8 Å². The van der Waals surface area contributed by atoms with Gasteiger partial charge >= 0.3 is 5.97 Å². The summed E-state index contributed by atoms with van der Waals surface area (Å²) in [5, 5.41) is 3.49. The van der Waals surface area contributed by atoms with E-state index in [1.165, 1.54) is 47.0 Å². The van der Waals surface area contributed by atoms with Crippen LogP contribution in [0.5, 0.6) is 0 Å². The Morgan fingerprint density at radius 2 is 1.97 bits per heavy atom. The number of nitrogens with one attached hydrogen (secondary N) is 1. The number of aromatic nitrogens is 1. The monoisotopic (exact) mass is 479 g/mol. The molecule has 0 aliphatic carbocycles. The molecule has 31 heavy (non-hydrogen) atoms. The second kappa shape index (κ2) is 8.54. The summed E-state index contributed by atoms with van der Waals surface area (Å²) in [7, 11) is -2.54. The molecular formula is C20H18ClN3O5S2. The minimum Gasteiger partial charge on any atom is -0.465 e. The quantitative estimate of drug-likeness (QED) is 0.561. The van der Waals surface area contributed by atoms with Crippen LogP contribution in [0.25, 0.3) is 10.2 Å². The fourth-order valence-corrected chi connectivity index (χ4v) is 6.13. The highest BCUT2D eigenvalue weighted by atomic mass is 35.5. The van der Waals surface area contributed by atoms with E-state index in [0.717, 1.165) is 0 Å². The highest BCUT2D eigenvalue weighted by Gasteiger charge is 2.39. The van der Waals surface area contributed by atoms with Gasteiger partial charge in [-0.3, -0.25) is 4.79 Å². The van der Waals surface area contributed by atoms with E-state index in [1.54, 1.807) is 18.2 Å². The van der Waals surface area contributed by atoms with Crippen molar-refractivity contribution in [2.75, 3.05) is 19.0 Å². The molecule has 1 fully saturated rings. The van der Waals surface area contributed by atoms with E-state index < -0.39 is 27.9 Å². The Morgan fingerprint density at radius 1 is 1.23 bits per heavy atom. The summed E-state index contributed by atoms with van der Waals surface area (Å²) in [6, 6.07) is 9.93. The molecule has 4 rings (SSSR count). The molecule has 1 aliphatic rings. The van der Waals surface area contributed by atoms with Crippen molar-refractivity contribution < 1.29 is 22.7 Å². The fourth-order valence-electron chi connectivity index (χ4n) is 3.44. The van der Waals surface area contributed by atoms with Gasteiger partial charge in [-0.25, -0.2) is 18.2 Å². The number of thiazole rings is 1. The zero-order chi connectivity index (χ0) is 22.2. The molecule has 3 aromatic rings. The summed E-state index contributed by atoms with van der Waals surface area (Å²) in [4.78, 5) is 29.1. The predicted octanol–water partition coefficient (Wildman–Crippen LogP) is 3.53. The van der Waals surface area contributed by atoms with Gasteiger partial charge in [0.1, 0.15) is 6.04 Å². The number of methoxy groups -OCH3 is 1. The minimum atomic E-state index is -3.84. The van der Waals surface area contributed by atoms with Gasteiger partial charge in [0.15, 0.2) is 5.13 Å². The molecule has 1 aliphatic heterocycles. The largest absolute Gasteiger partial charge is 0.465 e. The Bertz CT molecular complexity index is 1260. The first kappa shape index (κ1) is 21.7. The van der Waals surface area contributed by atoms with Crippen LogP contribution in [0.3, 0.4) is 0 Å². The average molecular weight is 480 g/mol. The van der Waals surface area contributed by atoms with Crippen LogP contribution in [0.1, 0.15) is 23.2 Å². The van der Waals surface area contributed by atoms with Crippen molar-refractivity contribution in [2.24, 2.45) is 0 Å².